The third kappa shape index (κ3) is 4.72. The summed E-state index contributed by atoms with van der Waals surface area (Å²) < 4.78 is 26.5. The minimum Gasteiger partial charge on any atom is -0.348 e. The summed E-state index contributed by atoms with van der Waals surface area (Å²) in [6.07, 6.45) is 1.47. The molecule has 2 aromatic carbocycles. The smallest absolute Gasteiger partial charge is 0.255 e. The second-order valence-corrected chi connectivity index (χ2v) is 8.96. The predicted octanol–water partition coefficient (Wildman–Crippen LogP) is 3.69. The number of carbonyl (C=O) groups is 1. The Bertz CT molecular complexity index is 1110. The van der Waals surface area contributed by atoms with Gasteiger partial charge in [-0.25, -0.2) is 8.42 Å². The van der Waals surface area contributed by atoms with Crippen LogP contribution in [0.2, 0.25) is 5.02 Å². The van der Waals surface area contributed by atoms with Crippen LogP contribution in [0.25, 0.3) is 11.3 Å². The predicted molar refractivity (Wildman–Crippen MR) is 117 cm³/mol. The number of hydrogen-bond donors (Lipinski definition) is 2. The van der Waals surface area contributed by atoms with E-state index in [1.54, 1.807) is 50.2 Å². The molecule has 9 heteroatoms. The van der Waals surface area contributed by atoms with Gasteiger partial charge in [0.15, 0.2) is 0 Å². The molecule has 0 spiro atoms. The average molecular weight is 447 g/mol. The summed E-state index contributed by atoms with van der Waals surface area (Å²) in [5, 5.41) is 10.3. The van der Waals surface area contributed by atoms with Crippen molar-refractivity contribution in [1.82, 2.24) is 19.8 Å². The summed E-state index contributed by atoms with van der Waals surface area (Å²) in [6, 6.07) is 13.6. The largest absolute Gasteiger partial charge is 0.348 e. The highest BCUT2D eigenvalue weighted by Gasteiger charge is 2.21. The first-order chi connectivity index (χ1) is 14.4. The number of rotatable bonds is 8. The van der Waals surface area contributed by atoms with Crippen molar-refractivity contribution < 1.29 is 13.2 Å². The molecule has 1 aromatic heterocycles. The minimum atomic E-state index is -3.50. The van der Waals surface area contributed by atoms with Crippen LogP contribution < -0.4 is 5.32 Å². The van der Waals surface area contributed by atoms with Crippen molar-refractivity contribution in [3.63, 3.8) is 0 Å². The van der Waals surface area contributed by atoms with Crippen LogP contribution in [0.4, 0.5) is 0 Å². The van der Waals surface area contributed by atoms with E-state index >= 15 is 0 Å². The summed E-state index contributed by atoms with van der Waals surface area (Å²) >= 11 is 5.92. The Morgan fingerprint density at radius 1 is 1.07 bits per heavy atom. The van der Waals surface area contributed by atoms with Gasteiger partial charge in [-0.2, -0.15) is 9.40 Å². The highest BCUT2D eigenvalue weighted by Crippen LogP contribution is 2.23. The maximum atomic E-state index is 12.6. The molecule has 0 aliphatic rings. The fourth-order valence-electron chi connectivity index (χ4n) is 3.06. The van der Waals surface area contributed by atoms with Gasteiger partial charge in [0.05, 0.1) is 22.3 Å². The van der Waals surface area contributed by atoms with E-state index in [9.17, 15) is 13.2 Å². The van der Waals surface area contributed by atoms with Crippen molar-refractivity contribution in [2.45, 2.75) is 25.3 Å². The highest BCUT2D eigenvalue weighted by atomic mass is 35.5. The summed E-state index contributed by atoms with van der Waals surface area (Å²) in [6.45, 7) is 4.70. The van der Waals surface area contributed by atoms with Crippen LogP contribution in [0.15, 0.2) is 59.6 Å². The molecule has 7 nitrogen and oxygen atoms in total. The Kier molecular flexibility index (Phi) is 6.91. The molecule has 0 unspecified atom stereocenters. The second kappa shape index (κ2) is 9.42. The number of amides is 1. The van der Waals surface area contributed by atoms with Crippen molar-refractivity contribution in [2.24, 2.45) is 0 Å². The van der Waals surface area contributed by atoms with Gasteiger partial charge >= 0.3 is 0 Å². The van der Waals surface area contributed by atoms with E-state index < -0.39 is 10.0 Å². The SMILES string of the molecule is CCN(CC)S(=O)(=O)c1ccc(CNC(=O)c2cn[nH]c2-c2ccc(Cl)cc2)cc1. The van der Waals surface area contributed by atoms with Crippen LogP contribution in [0.3, 0.4) is 0 Å². The van der Waals surface area contributed by atoms with E-state index in [2.05, 4.69) is 15.5 Å². The van der Waals surface area contributed by atoms with Gasteiger partial charge in [0.1, 0.15) is 0 Å². The lowest BCUT2D eigenvalue weighted by atomic mass is 10.1. The van der Waals surface area contributed by atoms with Crippen molar-refractivity contribution in [2.75, 3.05) is 13.1 Å². The first-order valence-corrected chi connectivity index (χ1v) is 11.3. The number of hydrogen-bond acceptors (Lipinski definition) is 4. The molecular weight excluding hydrogens is 424 g/mol. The molecule has 0 saturated heterocycles. The summed E-state index contributed by atoms with van der Waals surface area (Å²) in [4.78, 5) is 12.9. The number of nitrogens with zero attached hydrogens (tertiary/aromatic N) is 2. The standard InChI is InChI=1S/C21H23ClN4O3S/c1-3-26(4-2)30(28,29)18-11-5-15(6-12-18)13-23-21(27)19-14-24-25-20(19)16-7-9-17(22)10-8-16/h5-12,14H,3-4,13H2,1-2H3,(H,23,27)(H,24,25). The summed E-state index contributed by atoms with van der Waals surface area (Å²) in [5.74, 6) is -0.284. The third-order valence-corrected chi connectivity index (χ3v) is 7.05. The average Bonchev–Trinajstić information content (AvgIpc) is 3.23. The van der Waals surface area contributed by atoms with Gasteiger partial charge in [0.2, 0.25) is 10.0 Å². The van der Waals surface area contributed by atoms with Crippen LogP contribution in [0.1, 0.15) is 29.8 Å². The van der Waals surface area contributed by atoms with E-state index in [4.69, 9.17) is 11.6 Å². The highest BCUT2D eigenvalue weighted by molar-refractivity contribution is 7.89. The van der Waals surface area contributed by atoms with Crippen molar-refractivity contribution in [3.05, 3.63) is 70.9 Å². The molecule has 0 radical (unpaired) electrons. The topological polar surface area (TPSA) is 95.2 Å². The fraction of sp³-hybridized carbons (Fsp3) is 0.238. The van der Waals surface area contributed by atoms with Gasteiger partial charge in [-0.05, 0) is 29.8 Å². The van der Waals surface area contributed by atoms with Crippen LogP contribution >= 0.6 is 11.6 Å². The molecule has 0 saturated carbocycles. The number of benzene rings is 2. The molecule has 0 atom stereocenters. The van der Waals surface area contributed by atoms with Crippen molar-refractivity contribution >= 4 is 27.5 Å². The zero-order chi connectivity index (χ0) is 21.7. The number of aromatic amines is 1. The Morgan fingerprint density at radius 2 is 1.70 bits per heavy atom. The van der Waals surface area contributed by atoms with E-state index in [1.165, 1.54) is 10.5 Å². The normalized spacial score (nSPS) is 11.6. The number of carbonyl (C=O) groups excluding carboxylic acids is 1. The van der Waals surface area contributed by atoms with Gasteiger partial charge in [-0.15, -0.1) is 0 Å². The second-order valence-electron chi connectivity index (χ2n) is 6.58. The van der Waals surface area contributed by atoms with Gasteiger partial charge in [0, 0.05) is 30.2 Å². The Morgan fingerprint density at radius 3 is 2.30 bits per heavy atom. The fourth-order valence-corrected chi connectivity index (χ4v) is 4.65. The first kappa shape index (κ1) is 22.0. The van der Waals surface area contributed by atoms with E-state index in [0.717, 1.165) is 11.1 Å². The van der Waals surface area contributed by atoms with Gasteiger partial charge in [-0.3, -0.25) is 9.89 Å². The molecule has 3 rings (SSSR count). The molecule has 0 fully saturated rings. The zero-order valence-corrected chi connectivity index (χ0v) is 18.3. The number of halogens is 1. The molecule has 0 aliphatic carbocycles. The molecule has 30 heavy (non-hydrogen) atoms. The van der Waals surface area contributed by atoms with Crippen molar-refractivity contribution in [3.8, 4) is 11.3 Å². The van der Waals surface area contributed by atoms with Gasteiger partial charge in [-0.1, -0.05) is 49.7 Å². The Labute approximate surface area is 181 Å². The van der Waals surface area contributed by atoms with E-state index in [0.29, 0.717) is 29.4 Å². The maximum absolute atomic E-state index is 12.6. The third-order valence-electron chi connectivity index (χ3n) is 4.74. The molecule has 2 N–H and O–H groups in total. The van der Waals surface area contributed by atoms with Crippen LogP contribution in [-0.2, 0) is 16.6 Å². The molecule has 3 aromatic rings. The monoisotopic (exact) mass is 446 g/mol. The number of H-pyrrole nitrogens is 1. The van der Waals surface area contributed by atoms with Crippen LogP contribution in [0.5, 0.6) is 0 Å². The van der Waals surface area contributed by atoms with Crippen LogP contribution in [-0.4, -0.2) is 41.9 Å². The number of nitrogens with one attached hydrogen (secondary N) is 2. The lowest BCUT2D eigenvalue weighted by molar-refractivity contribution is 0.0951. The Balaban J connectivity index is 1.69. The maximum Gasteiger partial charge on any atom is 0.255 e. The summed E-state index contributed by atoms with van der Waals surface area (Å²) in [7, 11) is -3.50. The number of sulfonamides is 1. The van der Waals surface area contributed by atoms with Crippen LogP contribution in [0, 0.1) is 0 Å². The molecule has 1 amide bonds. The Hall–Kier alpha value is -2.68. The molecular formula is C21H23ClN4O3S. The first-order valence-electron chi connectivity index (χ1n) is 9.53. The lowest BCUT2D eigenvalue weighted by Crippen LogP contribution is -2.30. The number of aromatic nitrogens is 2. The molecule has 158 valence electrons. The molecule has 0 bridgehead atoms. The van der Waals surface area contributed by atoms with E-state index in [-0.39, 0.29) is 17.3 Å². The summed E-state index contributed by atoms with van der Waals surface area (Å²) in [5.41, 5.74) is 2.61. The van der Waals surface area contributed by atoms with Gasteiger partial charge in [0.25, 0.3) is 5.91 Å². The molecule has 1 heterocycles. The quantitative estimate of drug-likeness (QED) is 0.551. The minimum absolute atomic E-state index is 0.237. The molecule has 0 aliphatic heterocycles. The zero-order valence-electron chi connectivity index (χ0n) is 16.7. The van der Waals surface area contributed by atoms with Gasteiger partial charge < -0.3 is 5.32 Å². The van der Waals surface area contributed by atoms with E-state index in [1.807, 2.05) is 12.1 Å². The van der Waals surface area contributed by atoms with Crippen molar-refractivity contribution in [1.29, 1.82) is 0 Å². The lowest BCUT2D eigenvalue weighted by Gasteiger charge is -2.18.